The van der Waals surface area contributed by atoms with Gasteiger partial charge in [0, 0.05) is 12.1 Å². The number of aromatic nitrogens is 1. The molecule has 0 bridgehead atoms. The molecule has 1 amide bonds. The van der Waals surface area contributed by atoms with E-state index < -0.39 is 0 Å². The Morgan fingerprint density at radius 2 is 2.38 bits per heavy atom. The molecule has 1 aromatic rings. The Morgan fingerprint density at radius 3 is 2.94 bits per heavy atom. The molecular weight excluding hydrogens is 210 g/mol. The molecule has 1 aliphatic rings. The summed E-state index contributed by atoms with van der Waals surface area (Å²) in [4.78, 5) is 11.8. The van der Waals surface area contributed by atoms with Gasteiger partial charge in [0.1, 0.15) is 6.04 Å². The van der Waals surface area contributed by atoms with E-state index in [1.54, 1.807) is 0 Å². The van der Waals surface area contributed by atoms with Crippen LogP contribution in [0.3, 0.4) is 0 Å². The Hall–Kier alpha value is -1.40. The largest absolute Gasteiger partial charge is 0.378 e. The summed E-state index contributed by atoms with van der Waals surface area (Å²) in [6, 6.07) is -0.321. The normalized spacial score (nSPS) is 20.8. The maximum absolute atomic E-state index is 11.8. The maximum Gasteiger partial charge on any atom is 0.246 e. The highest BCUT2D eigenvalue weighted by Gasteiger charge is 2.23. The van der Waals surface area contributed by atoms with Gasteiger partial charge in [-0.2, -0.15) is 0 Å². The number of hydrogen-bond donors (Lipinski definition) is 2. The van der Waals surface area contributed by atoms with E-state index in [-0.39, 0.29) is 11.9 Å². The number of morpholine rings is 1. The Labute approximate surface area is 93.3 Å². The average molecular weight is 225 g/mol. The second-order valence-corrected chi connectivity index (χ2v) is 3.79. The number of anilines is 1. The summed E-state index contributed by atoms with van der Waals surface area (Å²) >= 11 is 0. The van der Waals surface area contributed by atoms with Gasteiger partial charge in [0.05, 0.1) is 18.9 Å². The number of carbonyl (C=O) groups is 1. The molecule has 0 aliphatic carbocycles. The molecule has 0 spiro atoms. The van der Waals surface area contributed by atoms with Crippen LogP contribution in [-0.4, -0.2) is 36.9 Å². The summed E-state index contributed by atoms with van der Waals surface area (Å²) in [7, 11) is 0. The Morgan fingerprint density at radius 1 is 1.56 bits per heavy atom. The molecule has 88 valence electrons. The fourth-order valence-corrected chi connectivity index (χ4v) is 1.46. The molecule has 0 radical (unpaired) electrons. The third-order valence-electron chi connectivity index (χ3n) is 2.63. The lowest BCUT2D eigenvalue weighted by atomic mass is 10.2. The first-order valence-electron chi connectivity index (χ1n) is 5.23. The lowest BCUT2D eigenvalue weighted by Crippen LogP contribution is -2.48. The van der Waals surface area contributed by atoms with Crippen molar-refractivity contribution in [3.8, 4) is 0 Å². The van der Waals surface area contributed by atoms with Crippen LogP contribution in [0.2, 0.25) is 0 Å². The van der Waals surface area contributed by atoms with Gasteiger partial charge in [0.2, 0.25) is 11.8 Å². The summed E-state index contributed by atoms with van der Waals surface area (Å²) in [6.07, 6.45) is 0. The fraction of sp³-hybridized carbons (Fsp3) is 0.600. The first kappa shape index (κ1) is 11.1. The zero-order valence-corrected chi connectivity index (χ0v) is 9.37. The fourth-order valence-electron chi connectivity index (χ4n) is 1.46. The molecular formula is C10H15N3O3. The number of amides is 1. The smallest absolute Gasteiger partial charge is 0.246 e. The molecule has 1 atom stereocenters. The van der Waals surface area contributed by atoms with E-state index in [1.165, 1.54) is 0 Å². The van der Waals surface area contributed by atoms with Gasteiger partial charge in [-0.15, -0.1) is 0 Å². The van der Waals surface area contributed by atoms with Crippen molar-refractivity contribution in [2.45, 2.75) is 19.9 Å². The molecule has 1 aromatic heterocycles. The first-order chi connectivity index (χ1) is 7.68. The predicted octanol–water partition coefficient (Wildman–Crippen LogP) is 0.218. The summed E-state index contributed by atoms with van der Waals surface area (Å²) < 4.78 is 10.2. The molecule has 2 rings (SSSR count). The number of ether oxygens (including phenoxy) is 1. The van der Waals surface area contributed by atoms with Crippen LogP contribution in [0.1, 0.15) is 11.3 Å². The quantitative estimate of drug-likeness (QED) is 0.753. The molecule has 2 N–H and O–H groups in total. The van der Waals surface area contributed by atoms with Gasteiger partial charge in [-0.25, -0.2) is 0 Å². The number of hydrogen-bond acceptors (Lipinski definition) is 5. The van der Waals surface area contributed by atoms with Crippen molar-refractivity contribution in [2.75, 3.05) is 25.1 Å². The Balaban J connectivity index is 1.98. The van der Waals surface area contributed by atoms with Crippen LogP contribution in [-0.2, 0) is 9.53 Å². The topological polar surface area (TPSA) is 76.4 Å². The van der Waals surface area contributed by atoms with Crippen molar-refractivity contribution in [1.82, 2.24) is 10.5 Å². The molecule has 1 saturated heterocycles. The van der Waals surface area contributed by atoms with Crippen molar-refractivity contribution in [2.24, 2.45) is 0 Å². The van der Waals surface area contributed by atoms with Gasteiger partial charge in [-0.1, -0.05) is 5.16 Å². The number of aryl methyl sites for hydroxylation is 1. The SMILES string of the molecule is Cc1noc(NC(=O)C2COCCN2)c1C. The summed E-state index contributed by atoms with van der Waals surface area (Å²) in [6.45, 7) is 5.40. The Kier molecular flexibility index (Phi) is 3.21. The van der Waals surface area contributed by atoms with E-state index in [4.69, 9.17) is 9.26 Å². The van der Waals surface area contributed by atoms with Crippen LogP contribution in [0, 0.1) is 13.8 Å². The number of nitrogens with zero attached hydrogens (tertiary/aromatic N) is 1. The van der Waals surface area contributed by atoms with Gasteiger partial charge in [0.15, 0.2) is 0 Å². The zero-order chi connectivity index (χ0) is 11.5. The van der Waals surface area contributed by atoms with Gasteiger partial charge >= 0.3 is 0 Å². The van der Waals surface area contributed by atoms with Crippen LogP contribution in [0.5, 0.6) is 0 Å². The maximum atomic E-state index is 11.8. The van der Waals surface area contributed by atoms with Gasteiger partial charge in [-0.3, -0.25) is 10.1 Å². The first-order valence-corrected chi connectivity index (χ1v) is 5.23. The van der Waals surface area contributed by atoms with Crippen molar-refractivity contribution in [1.29, 1.82) is 0 Å². The second kappa shape index (κ2) is 4.63. The summed E-state index contributed by atoms with van der Waals surface area (Å²) in [5.41, 5.74) is 1.63. The monoisotopic (exact) mass is 225 g/mol. The molecule has 16 heavy (non-hydrogen) atoms. The van der Waals surface area contributed by atoms with E-state index >= 15 is 0 Å². The minimum Gasteiger partial charge on any atom is -0.378 e. The summed E-state index contributed by atoms with van der Waals surface area (Å²) in [5, 5.41) is 9.53. The zero-order valence-electron chi connectivity index (χ0n) is 9.37. The predicted molar refractivity (Wildman–Crippen MR) is 57.2 cm³/mol. The van der Waals surface area contributed by atoms with E-state index in [9.17, 15) is 4.79 Å². The standard InChI is InChI=1S/C10H15N3O3/c1-6-7(2)13-16-10(6)12-9(14)8-5-15-4-3-11-8/h8,11H,3-5H2,1-2H3,(H,12,14). The molecule has 6 heteroatoms. The van der Waals surface area contributed by atoms with Gasteiger partial charge < -0.3 is 14.6 Å². The molecule has 1 aliphatic heterocycles. The van der Waals surface area contributed by atoms with Crippen LogP contribution < -0.4 is 10.6 Å². The van der Waals surface area contributed by atoms with Crippen molar-refractivity contribution in [3.05, 3.63) is 11.3 Å². The van der Waals surface area contributed by atoms with Gasteiger partial charge in [0.25, 0.3) is 0 Å². The Bertz CT molecular complexity index is 383. The lowest BCUT2D eigenvalue weighted by molar-refractivity contribution is -0.120. The van der Waals surface area contributed by atoms with E-state index in [1.807, 2.05) is 13.8 Å². The lowest BCUT2D eigenvalue weighted by Gasteiger charge is -2.22. The van der Waals surface area contributed by atoms with Crippen LogP contribution >= 0.6 is 0 Å². The third kappa shape index (κ3) is 2.23. The third-order valence-corrected chi connectivity index (χ3v) is 2.63. The molecule has 1 fully saturated rings. The summed E-state index contributed by atoms with van der Waals surface area (Å²) in [5.74, 6) is 0.258. The molecule has 1 unspecified atom stereocenters. The number of rotatable bonds is 2. The highest BCUT2D eigenvalue weighted by Crippen LogP contribution is 2.17. The van der Waals surface area contributed by atoms with Crippen LogP contribution in [0.15, 0.2) is 4.52 Å². The van der Waals surface area contributed by atoms with Crippen LogP contribution in [0.4, 0.5) is 5.88 Å². The highest BCUT2D eigenvalue weighted by molar-refractivity contribution is 5.94. The van der Waals surface area contributed by atoms with Gasteiger partial charge in [-0.05, 0) is 13.8 Å². The molecule has 6 nitrogen and oxygen atoms in total. The highest BCUT2D eigenvalue weighted by atomic mass is 16.5. The van der Waals surface area contributed by atoms with Crippen molar-refractivity contribution in [3.63, 3.8) is 0 Å². The molecule has 0 aromatic carbocycles. The van der Waals surface area contributed by atoms with Crippen LogP contribution in [0.25, 0.3) is 0 Å². The van der Waals surface area contributed by atoms with E-state index in [2.05, 4.69) is 15.8 Å². The molecule has 0 saturated carbocycles. The second-order valence-electron chi connectivity index (χ2n) is 3.79. The number of carbonyl (C=O) groups excluding carboxylic acids is 1. The average Bonchev–Trinajstić information content (AvgIpc) is 2.62. The molecule has 2 heterocycles. The number of nitrogens with one attached hydrogen (secondary N) is 2. The van der Waals surface area contributed by atoms with E-state index in [0.29, 0.717) is 25.6 Å². The van der Waals surface area contributed by atoms with E-state index in [0.717, 1.165) is 11.3 Å². The van der Waals surface area contributed by atoms with Crippen molar-refractivity contribution < 1.29 is 14.1 Å². The minimum absolute atomic E-state index is 0.154. The minimum atomic E-state index is -0.321. The van der Waals surface area contributed by atoms with Crippen molar-refractivity contribution >= 4 is 11.8 Å².